The van der Waals surface area contributed by atoms with Crippen molar-refractivity contribution < 1.29 is 12.8 Å². The van der Waals surface area contributed by atoms with Crippen molar-refractivity contribution >= 4 is 15.9 Å². The second-order valence-corrected chi connectivity index (χ2v) is 8.82. The van der Waals surface area contributed by atoms with Crippen LogP contribution >= 0.6 is 0 Å². The maximum absolute atomic E-state index is 13.6. The lowest BCUT2D eigenvalue weighted by Crippen LogP contribution is -2.31. The first kappa shape index (κ1) is 20.4. The monoisotopic (exact) mass is 429 g/mol. The quantitative estimate of drug-likeness (QED) is 0.434. The van der Waals surface area contributed by atoms with Gasteiger partial charge in [-0.05, 0) is 36.8 Å². The van der Waals surface area contributed by atoms with Crippen molar-refractivity contribution in [1.29, 1.82) is 5.26 Å². The fourth-order valence-electron chi connectivity index (χ4n) is 3.11. The van der Waals surface area contributed by atoms with Crippen LogP contribution in [0.15, 0.2) is 94.2 Å². The molecule has 4 rings (SSSR count). The Kier molecular flexibility index (Phi) is 5.56. The van der Waals surface area contributed by atoms with E-state index in [9.17, 15) is 13.7 Å². The van der Waals surface area contributed by atoms with Gasteiger partial charge in [0.1, 0.15) is 6.07 Å². The van der Waals surface area contributed by atoms with E-state index in [1.165, 1.54) is 0 Å². The number of sulfonamides is 1. The Labute approximate surface area is 181 Å². The number of nitriles is 1. The molecule has 0 unspecified atom stereocenters. The molecule has 1 aromatic heterocycles. The third kappa shape index (κ3) is 4.20. The Morgan fingerprint density at radius 3 is 2.16 bits per heavy atom. The fourth-order valence-corrected chi connectivity index (χ4v) is 4.51. The average Bonchev–Trinajstić information content (AvgIpc) is 3.23. The molecular formula is C24H19N3O3S. The summed E-state index contributed by atoms with van der Waals surface area (Å²) in [6.45, 7) is 1.88. The normalized spacial score (nSPS) is 11.1. The van der Waals surface area contributed by atoms with Crippen LogP contribution in [0.4, 0.5) is 5.88 Å². The van der Waals surface area contributed by atoms with Gasteiger partial charge in [0.15, 0.2) is 0 Å². The van der Waals surface area contributed by atoms with E-state index in [0.29, 0.717) is 5.56 Å². The van der Waals surface area contributed by atoms with Gasteiger partial charge in [0, 0.05) is 5.56 Å². The van der Waals surface area contributed by atoms with Gasteiger partial charge in [0.05, 0.1) is 11.4 Å². The third-order valence-electron chi connectivity index (χ3n) is 4.74. The molecule has 0 fully saturated rings. The fraction of sp³-hybridized carbons (Fsp3) is 0.0833. The van der Waals surface area contributed by atoms with Crippen molar-refractivity contribution in [2.24, 2.45) is 0 Å². The van der Waals surface area contributed by atoms with Gasteiger partial charge >= 0.3 is 0 Å². The van der Waals surface area contributed by atoms with Gasteiger partial charge in [-0.1, -0.05) is 66.2 Å². The number of hydrogen-bond acceptors (Lipinski definition) is 5. The van der Waals surface area contributed by atoms with Crippen LogP contribution in [0.25, 0.3) is 11.5 Å². The second kappa shape index (κ2) is 8.46. The van der Waals surface area contributed by atoms with Crippen LogP contribution in [-0.2, 0) is 16.6 Å². The zero-order valence-electron chi connectivity index (χ0n) is 16.8. The molecule has 3 aromatic carbocycles. The number of aromatic nitrogens is 1. The number of benzene rings is 3. The van der Waals surface area contributed by atoms with Crippen LogP contribution in [-0.4, -0.2) is 13.4 Å². The maximum atomic E-state index is 13.6. The van der Waals surface area contributed by atoms with E-state index in [2.05, 4.69) is 4.98 Å². The first-order valence-corrected chi connectivity index (χ1v) is 11.0. The average molecular weight is 430 g/mol. The van der Waals surface area contributed by atoms with Crippen LogP contribution in [0.1, 0.15) is 16.8 Å². The van der Waals surface area contributed by atoms with E-state index >= 15 is 0 Å². The molecule has 0 aliphatic carbocycles. The van der Waals surface area contributed by atoms with Crippen LogP contribution in [0, 0.1) is 18.3 Å². The minimum atomic E-state index is -4.02. The Morgan fingerprint density at radius 1 is 0.935 bits per heavy atom. The van der Waals surface area contributed by atoms with Crippen molar-refractivity contribution in [3.8, 4) is 17.5 Å². The number of hydrogen-bond donors (Lipinski definition) is 0. The predicted octanol–water partition coefficient (Wildman–Crippen LogP) is 4.92. The van der Waals surface area contributed by atoms with E-state index < -0.39 is 10.0 Å². The number of nitrogens with zero attached hydrogens (tertiary/aromatic N) is 3. The molecule has 0 N–H and O–H groups in total. The number of oxazole rings is 1. The summed E-state index contributed by atoms with van der Waals surface area (Å²) >= 11 is 0. The van der Waals surface area contributed by atoms with Gasteiger partial charge in [0.25, 0.3) is 10.0 Å². The van der Waals surface area contributed by atoms with E-state index in [-0.39, 0.29) is 28.9 Å². The Hall–Kier alpha value is -3.89. The molecule has 0 spiro atoms. The zero-order valence-corrected chi connectivity index (χ0v) is 17.6. The highest BCUT2D eigenvalue weighted by Gasteiger charge is 2.31. The lowest BCUT2D eigenvalue weighted by atomic mass is 10.2. The highest BCUT2D eigenvalue weighted by Crippen LogP contribution is 2.33. The zero-order chi connectivity index (χ0) is 21.8. The van der Waals surface area contributed by atoms with Crippen molar-refractivity contribution in [1.82, 2.24) is 4.98 Å². The summed E-state index contributed by atoms with van der Waals surface area (Å²) < 4.78 is 34.2. The molecule has 6 nitrogen and oxygen atoms in total. The van der Waals surface area contributed by atoms with Gasteiger partial charge in [-0.3, -0.25) is 0 Å². The van der Waals surface area contributed by atoms with Gasteiger partial charge < -0.3 is 4.42 Å². The summed E-state index contributed by atoms with van der Waals surface area (Å²) in [6, 6.07) is 26.7. The van der Waals surface area contributed by atoms with Crippen LogP contribution < -0.4 is 4.31 Å². The maximum Gasteiger partial charge on any atom is 0.267 e. The lowest BCUT2D eigenvalue weighted by Gasteiger charge is -2.22. The molecule has 0 amide bonds. The van der Waals surface area contributed by atoms with E-state index in [0.717, 1.165) is 15.4 Å². The lowest BCUT2D eigenvalue weighted by molar-refractivity contribution is 0.554. The summed E-state index contributed by atoms with van der Waals surface area (Å²) in [5.41, 5.74) is 2.25. The van der Waals surface area contributed by atoms with Gasteiger partial charge in [-0.15, -0.1) is 0 Å². The third-order valence-corrected chi connectivity index (χ3v) is 6.48. The van der Waals surface area contributed by atoms with Crippen LogP contribution in [0.3, 0.4) is 0 Å². The summed E-state index contributed by atoms with van der Waals surface area (Å²) in [5, 5.41) is 9.67. The first-order chi connectivity index (χ1) is 15.0. The molecule has 7 heteroatoms. The molecule has 0 aliphatic heterocycles. The summed E-state index contributed by atoms with van der Waals surface area (Å²) in [4.78, 5) is 4.36. The molecule has 154 valence electrons. The van der Waals surface area contributed by atoms with Crippen molar-refractivity contribution in [3.05, 3.63) is 102 Å². The summed E-state index contributed by atoms with van der Waals surface area (Å²) in [7, 11) is -4.02. The summed E-state index contributed by atoms with van der Waals surface area (Å²) in [6.07, 6.45) is 0. The molecule has 1 heterocycles. The molecule has 0 aliphatic rings. The largest absolute Gasteiger partial charge is 0.418 e. The molecule has 4 aromatic rings. The van der Waals surface area contributed by atoms with E-state index in [1.54, 1.807) is 36.4 Å². The van der Waals surface area contributed by atoms with Crippen molar-refractivity contribution in [2.75, 3.05) is 4.31 Å². The molecular weight excluding hydrogens is 410 g/mol. The SMILES string of the molecule is Cc1ccc(S(=O)(=O)N(Cc2ccccc2)c2oc(-c3ccccc3)nc2C#N)cc1. The highest BCUT2D eigenvalue weighted by atomic mass is 32.2. The molecule has 0 bridgehead atoms. The van der Waals surface area contributed by atoms with Crippen LogP contribution in [0.2, 0.25) is 0 Å². The number of rotatable bonds is 6. The molecule has 0 radical (unpaired) electrons. The minimum absolute atomic E-state index is 0.00481. The molecule has 31 heavy (non-hydrogen) atoms. The second-order valence-electron chi connectivity index (χ2n) is 6.96. The van der Waals surface area contributed by atoms with Gasteiger partial charge in [-0.25, -0.2) is 12.7 Å². The van der Waals surface area contributed by atoms with Gasteiger partial charge in [-0.2, -0.15) is 10.2 Å². The van der Waals surface area contributed by atoms with E-state index in [1.807, 2.05) is 61.5 Å². The van der Waals surface area contributed by atoms with Crippen molar-refractivity contribution in [3.63, 3.8) is 0 Å². The Balaban J connectivity index is 1.86. The van der Waals surface area contributed by atoms with Crippen LogP contribution in [0.5, 0.6) is 0 Å². The Bertz CT molecular complexity index is 1320. The Morgan fingerprint density at radius 2 is 1.55 bits per heavy atom. The first-order valence-electron chi connectivity index (χ1n) is 9.59. The molecule has 0 saturated carbocycles. The van der Waals surface area contributed by atoms with Crippen molar-refractivity contribution in [2.45, 2.75) is 18.4 Å². The summed E-state index contributed by atoms with van der Waals surface area (Å²) in [5.74, 6) is 0.0788. The minimum Gasteiger partial charge on any atom is -0.418 e. The molecule has 0 saturated heterocycles. The smallest absolute Gasteiger partial charge is 0.267 e. The van der Waals surface area contributed by atoms with E-state index in [4.69, 9.17) is 4.42 Å². The molecule has 0 atom stereocenters. The number of aryl methyl sites for hydroxylation is 1. The standard InChI is InChI=1S/C24H19N3O3S/c1-18-12-14-21(15-13-18)31(28,29)27(17-19-8-4-2-5-9-19)24-22(16-25)26-23(30-24)20-10-6-3-7-11-20/h2-15H,17H2,1H3. The topological polar surface area (TPSA) is 87.2 Å². The highest BCUT2D eigenvalue weighted by molar-refractivity contribution is 7.92. The van der Waals surface area contributed by atoms with Gasteiger partial charge in [0.2, 0.25) is 17.5 Å². The predicted molar refractivity (Wildman–Crippen MR) is 118 cm³/mol. The number of anilines is 1.